The molecule has 0 aliphatic carbocycles. The Bertz CT molecular complexity index is 250. The highest BCUT2D eigenvalue weighted by Gasteiger charge is 2.23. The molecule has 0 aromatic heterocycles. The molecule has 6 heteroatoms. The van der Waals surface area contributed by atoms with Gasteiger partial charge in [0, 0.05) is 0 Å². The molecule has 0 aliphatic heterocycles. The summed E-state index contributed by atoms with van der Waals surface area (Å²) in [6.45, 7) is 0. The highest BCUT2D eigenvalue weighted by Crippen LogP contribution is 2.06. The van der Waals surface area contributed by atoms with Crippen molar-refractivity contribution in [3.8, 4) is 5.75 Å². The molecule has 0 spiro atoms. The largest absolute Gasteiger partial charge is 0.568 e. The summed E-state index contributed by atoms with van der Waals surface area (Å²) in [5, 5.41) is 0. The van der Waals surface area contributed by atoms with Crippen LogP contribution >= 0.6 is 0 Å². The number of hydrogen-bond acceptors (Lipinski definition) is 3. The van der Waals surface area contributed by atoms with Crippen molar-refractivity contribution in [1.29, 1.82) is 0 Å². The Balaban J connectivity index is 2.78. The third kappa shape index (κ3) is 2.40. The minimum Gasteiger partial charge on any atom is -0.497 e. The number of ether oxygens (including phenoxy) is 1. The first-order chi connectivity index (χ1) is 6.31. The first kappa shape index (κ1) is 9.95. The Kier molecular flexibility index (Phi) is 3.66. The van der Waals surface area contributed by atoms with Gasteiger partial charge in [-0.05, 0) is 17.6 Å². The normalized spacial score (nSPS) is 9.77. The second-order valence-corrected chi connectivity index (χ2v) is 2.28. The van der Waals surface area contributed by atoms with Gasteiger partial charge in [-0.1, -0.05) is 21.2 Å². The molecule has 0 unspecified atom stereocenters. The Morgan fingerprint density at radius 3 is 2.00 bits per heavy atom. The van der Waals surface area contributed by atoms with E-state index in [2.05, 4.69) is 9.72 Å². The molecule has 0 radical (unpaired) electrons. The summed E-state index contributed by atoms with van der Waals surface area (Å²) in [7, 11) is -0.144. The van der Waals surface area contributed by atoms with E-state index in [9.17, 15) is 9.05 Å². The molecule has 1 aromatic carbocycles. The SMILES string of the molecule is COc1ccc(B(OF)OF)cc1. The van der Waals surface area contributed by atoms with Crippen LogP contribution in [0.15, 0.2) is 24.3 Å². The maximum absolute atomic E-state index is 11.6. The maximum atomic E-state index is 11.6. The molecule has 0 saturated heterocycles. The first-order valence-corrected chi connectivity index (χ1v) is 3.50. The molecule has 0 N–H and O–H groups in total. The topological polar surface area (TPSA) is 27.7 Å². The molecule has 1 rings (SSSR count). The number of halogens is 2. The van der Waals surface area contributed by atoms with E-state index in [0.29, 0.717) is 5.75 Å². The van der Waals surface area contributed by atoms with E-state index in [4.69, 9.17) is 4.74 Å². The predicted octanol–water partition coefficient (Wildman–Crippen LogP) is 1.19. The number of rotatable bonds is 4. The lowest BCUT2D eigenvalue weighted by atomic mass is 9.80. The van der Waals surface area contributed by atoms with E-state index in [1.165, 1.54) is 19.2 Å². The van der Waals surface area contributed by atoms with Crippen molar-refractivity contribution in [3.05, 3.63) is 24.3 Å². The standard InChI is InChI=1S/C7H7BF2O3/c1-11-7-4-2-6(3-5-7)8(12-9)13-10/h2-5H,1H3. The van der Waals surface area contributed by atoms with Crippen LogP contribution in [0, 0.1) is 0 Å². The molecule has 0 atom stereocenters. The minimum atomic E-state index is -1.63. The van der Waals surface area contributed by atoms with Gasteiger partial charge in [0.2, 0.25) is 0 Å². The third-order valence-corrected chi connectivity index (χ3v) is 1.55. The molecule has 3 nitrogen and oxygen atoms in total. The molecule has 0 fully saturated rings. The quantitative estimate of drug-likeness (QED) is 0.664. The molecular formula is C7H7BF2O3. The van der Waals surface area contributed by atoms with Gasteiger partial charge in [0.15, 0.2) is 0 Å². The summed E-state index contributed by atoms with van der Waals surface area (Å²) in [4.78, 5) is 6.44. The summed E-state index contributed by atoms with van der Waals surface area (Å²) < 4.78 is 28.1. The average Bonchev–Trinajstić information content (AvgIpc) is 2.21. The van der Waals surface area contributed by atoms with Crippen molar-refractivity contribution in [2.45, 2.75) is 0 Å². The van der Waals surface area contributed by atoms with E-state index in [0.717, 1.165) is 0 Å². The summed E-state index contributed by atoms with van der Waals surface area (Å²) >= 11 is 0. The second-order valence-electron chi connectivity index (χ2n) is 2.28. The van der Waals surface area contributed by atoms with Crippen molar-refractivity contribution in [2.24, 2.45) is 0 Å². The summed E-state index contributed by atoms with van der Waals surface area (Å²) in [6.07, 6.45) is 0. The zero-order valence-corrected chi connectivity index (χ0v) is 6.87. The van der Waals surface area contributed by atoms with Crippen LogP contribution in [0.3, 0.4) is 0 Å². The van der Waals surface area contributed by atoms with Crippen molar-refractivity contribution in [3.63, 3.8) is 0 Å². The molecule has 0 aliphatic rings. The molecule has 0 amide bonds. The fourth-order valence-electron chi connectivity index (χ4n) is 0.878. The Morgan fingerprint density at radius 2 is 1.62 bits per heavy atom. The van der Waals surface area contributed by atoms with Crippen molar-refractivity contribution >= 4 is 12.6 Å². The monoisotopic (exact) mass is 188 g/mol. The number of hydrogen-bond donors (Lipinski definition) is 0. The van der Waals surface area contributed by atoms with Crippen molar-refractivity contribution < 1.29 is 23.5 Å². The van der Waals surface area contributed by atoms with E-state index < -0.39 is 7.12 Å². The lowest BCUT2D eigenvalue weighted by molar-refractivity contribution is -0.100. The highest BCUT2D eigenvalue weighted by molar-refractivity contribution is 6.60. The predicted molar refractivity (Wildman–Crippen MR) is 42.8 cm³/mol. The zero-order valence-electron chi connectivity index (χ0n) is 6.87. The van der Waals surface area contributed by atoms with Gasteiger partial charge in [-0.25, -0.2) is 9.72 Å². The molecule has 70 valence electrons. The smallest absolute Gasteiger partial charge is 0.497 e. The van der Waals surface area contributed by atoms with Crippen LogP contribution in [-0.2, 0) is 9.72 Å². The number of methoxy groups -OCH3 is 1. The van der Waals surface area contributed by atoms with Crippen LogP contribution in [0.2, 0.25) is 0 Å². The summed E-state index contributed by atoms with van der Waals surface area (Å²) in [5.74, 6) is 0.584. The lowest BCUT2D eigenvalue weighted by Crippen LogP contribution is -2.32. The van der Waals surface area contributed by atoms with Crippen LogP contribution < -0.4 is 10.2 Å². The van der Waals surface area contributed by atoms with Gasteiger partial charge in [-0.15, -0.1) is 0 Å². The van der Waals surface area contributed by atoms with Crippen LogP contribution in [0.5, 0.6) is 5.75 Å². The lowest BCUT2D eigenvalue weighted by Gasteiger charge is -2.03. The maximum Gasteiger partial charge on any atom is 0.568 e. The average molecular weight is 188 g/mol. The van der Waals surface area contributed by atoms with E-state index in [1.54, 1.807) is 12.1 Å². The minimum absolute atomic E-state index is 0.228. The second kappa shape index (κ2) is 4.79. The molecule has 0 bridgehead atoms. The van der Waals surface area contributed by atoms with Gasteiger partial charge in [-0.3, -0.25) is 0 Å². The highest BCUT2D eigenvalue weighted by atomic mass is 19.3. The fourth-order valence-corrected chi connectivity index (χ4v) is 0.878. The Morgan fingerprint density at radius 1 is 1.08 bits per heavy atom. The molecule has 0 heterocycles. The van der Waals surface area contributed by atoms with Crippen LogP contribution in [0.25, 0.3) is 0 Å². The van der Waals surface area contributed by atoms with Crippen LogP contribution in [0.1, 0.15) is 0 Å². The molecular weight excluding hydrogens is 181 g/mol. The van der Waals surface area contributed by atoms with Gasteiger partial charge < -0.3 is 4.74 Å². The third-order valence-electron chi connectivity index (χ3n) is 1.55. The fraction of sp³-hybridized carbons (Fsp3) is 0.143. The summed E-state index contributed by atoms with van der Waals surface area (Å²) in [5.41, 5.74) is 0.228. The van der Waals surface area contributed by atoms with Crippen LogP contribution in [-0.4, -0.2) is 14.2 Å². The van der Waals surface area contributed by atoms with Crippen molar-refractivity contribution in [2.75, 3.05) is 7.11 Å². The molecule has 13 heavy (non-hydrogen) atoms. The number of benzene rings is 1. The van der Waals surface area contributed by atoms with E-state index in [1.807, 2.05) is 0 Å². The van der Waals surface area contributed by atoms with Crippen molar-refractivity contribution in [1.82, 2.24) is 0 Å². The summed E-state index contributed by atoms with van der Waals surface area (Å²) in [6, 6.07) is 5.95. The van der Waals surface area contributed by atoms with Gasteiger partial charge in [-0.2, -0.15) is 0 Å². The first-order valence-electron chi connectivity index (χ1n) is 3.50. The van der Waals surface area contributed by atoms with Gasteiger partial charge in [0.05, 0.1) is 7.11 Å². The molecule has 0 saturated carbocycles. The zero-order chi connectivity index (χ0) is 9.68. The van der Waals surface area contributed by atoms with Gasteiger partial charge in [0.25, 0.3) is 0 Å². The molecule has 1 aromatic rings. The Labute approximate surface area is 74.2 Å². The van der Waals surface area contributed by atoms with E-state index in [-0.39, 0.29) is 5.46 Å². The van der Waals surface area contributed by atoms with Gasteiger partial charge in [0.1, 0.15) is 5.75 Å². The Hall–Kier alpha value is -1.14. The van der Waals surface area contributed by atoms with E-state index >= 15 is 0 Å². The van der Waals surface area contributed by atoms with Crippen LogP contribution in [0.4, 0.5) is 9.05 Å². The van der Waals surface area contributed by atoms with Gasteiger partial charge >= 0.3 is 7.12 Å².